The van der Waals surface area contributed by atoms with Gasteiger partial charge in [0.2, 0.25) is 5.91 Å². The van der Waals surface area contributed by atoms with Crippen LogP contribution in [0.5, 0.6) is 0 Å². The summed E-state index contributed by atoms with van der Waals surface area (Å²) >= 11 is 0. The molecule has 0 saturated carbocycles. The summed E-state index contributed by atoms with van der Waals surface area (Å²) in [6, 6.07) is 4.87. The van der Waals surface area contributed by atoms with Crippen molar-refractivity contribution in [1.29, 1.82) is 0 Å². The molecule has 2 rings (SSSR count). The van der Waals surface area contributed by atoms with Crippen LogP contribution in [0.1, 0.15) is 36.5 Å². The van der Waals surface area contributed by atoms with Crippen LogP contribution in [0.15, 0.2) is 18.2 Å². The maximum Gasteiger partial charge on any atom is 0.335 e. The Kier molecular flexibility index (Phi) is 4.57. The molecule has 0 atom stereocenters. The fourth-order valence-electron chi connectivity index (χ4n) is 2.32. The highest BCUT2D eigenvalue weighted by molar-refractivity contribution is 5.92. The number of imidazole rings is 1. The molecule has 0 unspecified atom stereocenters. The number of hydrogen-bond donors (Lipinski definition) is 2. The largest absolute Gasteiger partial charge is 0.478 e. The number of rotatable bonds is 6. The molecule has 0 aliphatic rings. The van der Waals surface area contributed by atoms with Crippen LogP contribution in [0.25, 0.3) is 11.0 Å². The molecule has 1 aromatic carbocycles. The van der Waals surface area contributed by atoms with E-state index in [4.69, 9.17) is 5.11 Å². The molecule has 0 aliphatic carbocycles. The number of carbonyl (C=O) groups is 2. The Morgan fingerprint density at radius 3 is 2.71 bits per heavy atom. The Balaban J connectivity index is 2.36. The Labute approximate surface area is 122 Å². The molecular weight excluding hydrogens is 270 g/mol. The smallest absolute Gasteiger partial charge is 0.335 e. The van der Waals surface area contributed by atoms with Crippen LogP contribution in [0.3, 0.4) is 0 Å². The molecule has 0 spiro atoms. The first-order valence-corrected chi connectivity index (χ1v) is 7.06. The van der Waals surface area contributed by atoms with Gasteiger partial charge in [0, 0.05) is 25.9 Å². The van der Waals surface area contributed by atoms with Crippen molar-refractivity contribution in [1.82, 2.24) is 14.9 Å². The van der Waals surface area contributed by atoms with Crippen molar-refractivity contribution in [2.45, 2.75) is 33.2 Å². The summed E-state index contributed by atoms with van der Waals surface area (Å²) in [6.45, 7) is 4.96. The van der Waals surface area contributed by atoms with E-state index in [-0.39, 0.29) is 11.5 Å². The highest BCUT2D eigenvalue weighted by Crippen LogP contribution is 2.19. The number of carboxylic acids is 1. The van der Waals surface area contributed by atoms with Gasteiger partial charge < -0.3 is 15.0 Å². The number of carbonyl (C=O) groups excluding carboxylic acids is 1. The number of hydrogen-bond acceptors (Lipinski definition) is 3. The summed E-state index contributed by atoms with van der Waals surface area (Å²) in [5, 5.41) is 11.8. The van der Waals surface area contributed by atoms with Crippen LogP contribution in [0.2, 0.25) is 0 Å². The Bertz CT molecular complexity index is 676. The lowest BCUT2D eigenvalue weighted by Gasteiger charge is -2.08. The number of aromatic carboxylic acids is 1. The van der Waals surface area contributed by atoms with Gasteiger partial charge in [-0.25, -0.2) is 9.78 Å². The topological polar surface area (TPSA) is 84.2 Å². The fourth-order valence-corrected chi connectivity index (χ4v) is 2.32. The maximum absolute atomic E-state index is 11.6. The lowest BCUT2D eigenvalue weighted by Crippen LogP contribution is -2.24. The lowest BCUT2D eigenvalue weighted by atomic mass is 10.2. The standard InChI is InChI=1S/C15H19N3O3/c1-3-13-17-11-6-5-10(15(20)21)9-12(11)18(13)8-7-14(19)16-4-2/h5-6,9H,3-4,7-8H2,1-2H3,(H,16,19)(H,20,21). The fraction of sp³-hybridized carbons (Fsp3) is 0.400. The molecule has 0 radical (unpaired) electrons. The van der Waals surface area contributed by atoms with Gasteiger partial charge in [0.05, 0.1) is 16.6 Å². The molecule has 2 N–H and O–H groups in total. The zero-order chi connectivity index (χ0) is 15.4. The number of aromatic nitrogens is 2. The second-order valence-corrected chi connectivity index (χ2v) is 4.75. The van der Waals surface area contributed by atoms with Crippen LogP contribution in [-0.2, 0) is 17.8 Å². The average Bonchev–Trinajstić information content (AvgIpc) is 2.82. The molecule has 0 aliphatic heterocycles. The second-order valence-electron chi connectivity index (χ2n) is 4.75. The van der Waals surface area contributed by atoms with Crippen LogP contribution < -0.4 is 5.32 Å². The van der Waals surface area contributed by atoms with E-state index in [0.717, 1.165) is 23.3 Å². The predicted molar refractivity (Wildman–Crippen MR) is 79.4 cm³/mol. The van der Waals surface area contributed by atoms with Gasteiger partial charge >= 0.3 is 5.97 Å². The van der Waals surface area contributed by atoms with Gasteiger partial charge in [0.25, 0.3) is 0 Å². The van der Waals surface area contributed by atoms with E-state index in [1.165, 1.54) is 0 Å². The minimum absolute atomic E-state index is 0.0178. The molecule has 0 saturated heterocycles. The average molecular weight is 289 g/mol. The molecule has 112 valence electrons. The van der Waals surface area contributed by atoms with Crippen LogP contribution >= 0.6 is 0 Å². The first kappa shape index (κ1) is 15.0. The highest BCUT2D eigenvalue weighted by Gasteiger charge is 2.13. The molecule has 0 fully saturated rings. The van der Waals surface area contributed by atoms with Crippen LogP contribution in [0, 0.1) is 0 Å². The Hall–Kier alpha value is -2.37. The normalized spacial score (nSPS) is 10.8. The van der Waals surface area contributed by atoms with Gasteiger partial charge in [-0.3, -0.25) is 4.79 Å². The van der Waals surface area contributed by atoms with Gasteiger partial charge in [0.1, 0.15) is 5.82 Å². The molecule has 1 amide bonds. The number of fused-ring (bicyclic) bond motifs is 1. The number of amides is 1. The lowest BCUT2D eigenvalue weighted by molar-refractivity contribution is -0.121. The number of aryl methyl sites for hydroxylation is 2. The van der Waals surface area contributed by atoms with E-state index in [0.29, 0.717) is 19.5 Å². The number of benzene rings is 1. The van der Waals surface area contributed by atoms with E-state index in [2.05, 4.69) is 10.3 Å². The molecule has 2 aromatic rings. The van der Waals surface area contributed by atoms with Gasteiger partial charge in [0.15, 0.2) is 0 Å². The number of nitrogens with one attached hydrogen (secondary N) is 1. The summed E-state index contributed by atoms with van der Waals surface area (Å²) in [6.07, 6.45) is 1.08. The molecule has 1 heterocycles. The SMILES string of the molecule is CCNC(=O)CCn1c(CC)nc2ccc(C(=O)O)cc21. The van der Waals surface area contributed by atoms with Crippen molar-refractivity contribution in [3.63, 3.8) is 0 Å². The van der Waals surface area contributed by atoms with Crippen LogP contribution in [-0.4, -0.2) is 33.1 Å². The van der Waals surface area contributed by atoms with Crippen molar-refractivity contribution in [2.75, 3.05) is 6.54 Å². The first-order valence-electron chi connectivity index (χ1n) is 7.06. The van der Waals surface area contributed by atoms with E-state index < -0.39 is 5.97 Å². The van der Waals surface area contributed by atoms with Crippen molar-refractivity contribution >= 4 is 22.9 Å². The summed E-state index contributed by atoms with van der Waals surface area (Å²) in [5.74, 6) is -0.126. The van der Waals surface area contributed by atoms with E-state index >= 15 is 0 Å². The van der Waals surface area contributed by atoms with Crippen molar-refractivity contribution in [3.8, 4) is 0 Å². The minimum Gasteiger partial charge on any atom is -0.478 e. The van der Waals surface area contributed by atoms with Gasteiger partial charge in [-0.15, -0.1) is 0 Å². The first-order chi connectivity index (χ1) is 10.1. The summed E-state index contributed by atoms with van der Waals surface area (Å²) in [7, 11) is 0. The predicted octanol–water partition coefficient (Wildman–Crippen LogP) is 1.82. The van der Waals surface area contributed by atoms with Gasteiger partial charge in [-0.2, -0.15) is 0 Å². The Morgan fingerprint density at radius 1 is 1.33 bits per heavy atom. The summed E-state index contributed by atoms with van der Waals surface area (Å²) in [4.78, 5) is 27.2. The zero-order valence-corrected chi connectivity index (χ0v) is 12.2. The molecule has 21 heavy (non-hydrogen) atoms. The van der Waals surface area contributed by atoms with E-state index in [9.17, 15) is 9.59 Å². The molecule has 0 bridgehead atoms. The monoisotopic (exact) mass is 289 g/mol. The van der Waals surface area contributed by atoms with E-state index in [1.54, 1.807) is 18.2 Å². The van der Waals surface area contributed by atoms with Crippen molar-refractivity contribution < 1.29 is 14.7 Å². The number of nitrogens with zero attached hydrogens (tertiary/aromatic N) is 2. The molecule has 1 aromatic heterocycles. The molecular formula is C15H19N3O3. The van der Waals surface area contributed by atoms with Crippen molar-refractivity contribution in [2.24, 2.45) is 0 Å². The van der Waals surface area contributed by atoms with Crippen molar-refractivity contribution in [3.05, 3.63) is 29.6 Å². The van der Waals surface area contributed by atoms with Crippen LogP contribution in [0.4, 0.5) is 0 Å². The summed E-state index contributed by atoms with van der Waals surface area (Å²) < 4.78 is 1.93. The Morgan fingerprint density at radius 2 is 2.10 bits per heavy atom. The maximum atomic E-state index is 11.6. The third-order valence-electron chi connectivity index (χ3n) is 3.33. The summed E-state index contributed by atoms with van der Waals surface area (Å²) in [5.41, 5.74) is 1.74. The minimum atomic E-state index is -0.966. The highest BCUT2D eigenvalue weighted by atomic mass is 16.4. The molecule has 6 nitrogen and oxygen atoms in total. The third kappa shape index (κ3) is 3.21. The van der Waals surface area contributed by atoms with Gasteiger partial charge in [-0.1, -0.05) is 6.92 Å². The third-order valence-corrected chi connectivity index (χ3v) is 3.33. The second kappa shape index (κ2) is 6.39. The quantitative estimate of drug-likeness (QED) is 0.849. The van der Waals surface area contributed by atoms with E-state index in [1.807, 2.05) is 18.4 Å². The number of carboxylic acid groups (broad SMARTS) is 1. The molecule has 6 heteroatoms. The zero-order valence-electron chi connectivity index (χ0n) is 12.2. The van der Waals surface area contributed by atoms with Gasteiger partial charge in [-0.05, 0) is 25.1 Å².